The molecular formula is C19H22Cl2N2OS. The molecule has 0 spiro atoms. The van der Waals surface area contributed by atoms with E-state index >= 15 is 0 Å². The van der Waals surface area contributed by atoms with E-state index in [1.165, 1.54) is 11.1 Å². The number of hydrogen-bond donors (Lipinski definition) is 2. The molecule has 0 aromatic heterocycles. The summed E-state index contributed by atoms with van der Waals surface area (Å²) >= 11 is 7.58. The Hall–Kier alpha value is -1.36. The van der Waals surface area contributed by atoms with Gasteiger partial charge in [-0.15, -0.1) is 24.2 Å². The largest absolute Gasteiger partial charge is 0.399 e. The molecule has 1 unspecified atom stereocenters. The minimum Gasteiger partial charge on any atom is -0.399 e. The number of anilines is 1. The summed E-state index contributed by atoms with van der Waals surface area (Å²) in [7, 11) is 0. The smallest absolute Gasteiger partial charge is 0.230 e. The van der Waals surface area contributed by atoms with E-state index in [2.05, 4.69) is 5.32 Å². The van der Waals surface area contributed by atoms with Crippen LogP contribution in [0.3, 0.4) is 0 Å². The summed E-state index contributed by atoms with van der Waals surface area (Å²) in [6.07, 6.45) is 3.11. The Morgan fingerprint density at radius 3 is 2.92 bits per heavy atom. The van der Waals surface area contributed by atoms with Gasteiger partial charge < -0.3 is 11.1 Å². The second-order valence-electron chi connectivity index (χ2n) is 6.09. The van der Waals surface area contributed by atoms with Gasteiger partial charge in [-0.1, -0.05) is 29.8 Å². The molecule has 2 aromatic carbocycles. The highest BCUT2D eigenvalue weighted by molar-refractivity contribution is 7.99. The Kier molecular flexibility index (Phi) is 7.48. The number of carbonyl (C=O) groups is 1. The van der Waals surface area contributed by atoms with Crippen molar-refractivity contribution in [1.29, 1.82) is 0 Å². The number of aryl methyl sites for hydroxylation is 1. The van der Waals surface area contributed by atoms with Crippen LogP contribution in [0.2, 0.25) is 5.02 Å². The molecule has 1 aliphatic rings. The molecule has 0 heterocycles. The van der Waals surface area contributed by atoms with Crippen LogP contribution in [-0.2, 0) is 17.0 Å². The van der Waals surface area contributed by atoms with Gasteiger partial charge in [0.05, 0.1) is 11.8 Å². The first kappa shape index (κ1) is 20.0. The normalized spacial score (nSPS) is 15.8. The van der Waals surface area contributed by atoms with Crippen molar-refractivity contribution in [2.24, 2.45) is 0 Å². The van der Waals surface area contributed by atoms with E-state index in [-0.39, 0.29) is 24.4 Å². The van der Waals surface area contributed by atoms with Crippen molar-refractivity contribution >= 4 is 47.4 Å². The SMILES string of the molecule is Cl.Nc1ccc2c(c1)CCCC2NC(=O)CSCc1cccc(Cl)c1. The van der Waals surface area contributed by atoms with Gasteiger partial charge in [0.15, 0.2) is 0 Å². The lowest BCUT2D eigenvalue weighted by Crippen LogP contribution is -2.32. The van der Waals surface area contributed by atoms with Gasteiger partial charge in [-0.3, -0.25) is 4.79 Å². The highest BCUT2D eigenvalue weighted by atomic mass is 35.5. The first-order chi connectivity index (χ1) is 11.6. The van der Waals surface area contributed by atoms with Gasteiger partial charge >= 0.3 is 0 Å². The maximum atomic E-state index is 12.3. The highest BCUT2D eigenvalue weighted by Gasteiger charge is 2.21. The molecular weight excluding hydrogens is 375 g/mol. The van der Waals surface area contributed by atoms with Crippen molar-refractivity contribution in [2.45, 2.75) is 31.1 Å². The zero-order valence-electron chi connectivity index (χ0n) is 13.8. The molecule has 0 aliphatic heterocycles. The Morgan fingerprint density at radius 2 is 2.12 bits per heavy atom. The molecule has 3 rings (SSSR count). The predicted octanol–water partition coefficient (Wildman–Crippen LogP) is 4.77. The van der Waals surface area contributed by atoms with Crippen LogP contribution in [0.15, 0.2) is 42.5 Å². The molecule has 2 aromatic rings. The summed E-state index contributed by atoms with van der Waals surface area (Å²) in [5, 5.41) is 3.90. The third-order valence-electron chi connectivity index (χ3n) is 4.21. The van der Waals surface area contributed by atoms with E-state index in [1.807, 2.05) is 42.5 Å². The third-order valence-corrected chi connectivity index (χ3v) is 5.45. The van der Waals surface area contributed by atoms with Crippen molar-refractivity contribution < 1.29 is 4.79 Å². The minimum atomic E-state index is 0. The number of nitrogens with one attached hydrogen (secondary N) is 1. The van der Waals surface area contributed by atoms with E-state index in [0.29, 0.717) is 5.75 Å². The van der Waals surface area contributed by atoms with E-state index in [1.54, 1.807) is 11.8 Å². The Bertz CT molecular complexity index is 739. The average molecular weight is 397 g/mol. The van der Waals surface area contributed by atoms with Crippen LogP contribution < -0.4 is 11.1 Å². The van der Waals surface area contributed by atoms with Crippen LogP contribution in [-0.4, -0.2) is 11.7 Å². The van der Waals surface area contributed by atoms with Crippen molar-refractivity contribution in [3.05, 3.63) is 64.2 Å². The van der Waals surface area contributed by atoms with Gasteiger partial charge in [0, 0.05) is 16.5 Å². The van der Waals surface area contributed by atoms with Crippen molar-refractivity contribution in [1.82, 2.24) is 5.32 Å². The van der Waals surface area contributed by atoms with Crippen molar-refractivity contribution in [3.8, 4) is 0 Å². The summed E-state index contributed by atoms with van der Waals surface area (Å²) in [6.45, 7) is 0. The topological polar surface area (TPSA) is 55.1 Å². The first-order valence-electron chi connectivity index (χ1n) is 8.11. The molecule has 3 N–H and O–H groups in total. The lowest BCUT2D eigenvalue weighted by molar-refractivity contribution is -0.119. The number of halogens is 2. The van der Waals surface area contributed by atoms with E-state index in [9.17, 15) is 4.79 Å². The van der Waals surface area contributed by atoms with Crippen LogP contribution in [0.5, 0.6) is 0 Å². The lowest BCUT2D eigenvalue weighted by Gasteiger charge is -2.26. The van der Waals surface area contributed by atoms with Gasteiger partial charge in [0.1, 0.15) is 0 Å². The van der Waals surface area contributed by atoms with Crippen LogP contribution >= 0.6 is 35.8 Å². The molecule has 1 aliphatic carbocycles. The van der Waals surface area contributed by atoms with Crippen LogP contribution in [0, 0.1) is 0 Å². The maximum absolute atomic E-state index is 12.3. The summed E-state index contributed by atoms with van der Waals surface area (Å²) in [5.74, 6) is 1.32. The molecule has 0 radical (unpaired) electrons. The summed E-state index contributed by atoms with van der Waals surface area (Å²) < 4.78 is 0. The number of hydrogen-bond acceptors (Lipinski definition) is 3. The van der Waals surface area contributed by atoms with Gasteiger partial charge in [0.25, 0.3) is 0 Å². The molecule has 0 fully saturated rings. The lowest BCUT2D eigenvalue weighted by atomic mass is 9.87. The zero-order valence-corrected chi connectivity index (χ0v) is 16.2. The minimum absolute atomic E-state index is 0. The van der Waals surface area contributed by atoms with Crippen LogP contribution in [0.4, 0.5) is 5.69 Å². The van der Waals surface area contributed by atoms with Crippen LogP contribution in [0.1, 0.15) is 35.6 Å². The summed E-state index contributed by atoms with van der Waals surface area (Å²) in [5.41, 5.74) is 10.3. The number of benzene rings is 2. The molecule has 0 bridgehead atoms. The monoisotopic (exact) mass is 396 g/mol. The number of amides is 1. The fourth-order valence-electron chi connectivity index (χ4n) is 3.11. The van der Waals surface area contributed by atoms with E-state index in [4.69, 9.17) is 17.3 Å². The third kappa shape index (κ3) is 5.56. The summed E-state index contributed by atoms with van der Waals surface area (Å²) in [4.78, 5) is 12.3. The second-order valence-corrected chi connectivity index (χ2v) is 7.52. The predicted molar refractivity (Wildman–Crippen MR) is 110 cm³/mol. The van der Waals surface area contributed by atoms with Crippen LogP contribution in [0.25, 0.3) is 0 Å². The molecule has 25 heavy (non-hydrogen) atoms. The number of rotatable bonds is 5. The molecule has 0 saturated carbocycles. The van der Waals surface area contributed by atoms with Gasteiger partial charge in [0.2, 0.25) is 5.91 Å². The standard InChI is InChI=1S/C19H21ClN2OS.ClH/c20-15-5-1-3-13(9-15)11-24-12-19(23)22-18-6-2-4-14-10-16(21)7-8-17(14)18;/h1,3,5,7-10,18H,2,4,6,11-12,21H2,(H,22,23);1H. The molecule has 134 valence electrons. The van der Waals surface area contributed by atoms with Gasteiger partial charge in [-0.05, 0) is 60.2 Å². The Balaban J connectivity index is 0.00000225. The quantitative estimate of drug-likeness (QED) is 0.715. The van der Waals surface area contributed by atoms with Crippen molar-refractivity contribution in [3.63, 3.8) is 0 Å². The summed E-state index contributed by atoms with van der Waals surface area (Å²) in [6, 6.07) is 13.9. The number of nitrogen functional groups attached to an aromatic ring is 1. The molecule has 1 atom stereocenters. The fourth-order valence-corrected chi connectivity index (χ4v) is 4.11. The Labute approximate surface area is 164 Å². The fraction of sp³-hybridized carbons (Fsp3) is 0.316. The molecule has 3 nitrogen and oxygen atoms in total. The number of fused-ring (bicyclic) bond motifs is 1. The number of thioether (sulfide) groups is 1. The molecule has 1 amide bonds. The van der Waals surface area contributed by atoms with E-state index in [0.717, 1.165) is 41.3 Å². The highest BCUT2D eigenvalue weighted by Crippen LogP contribution is 2.31. The van der Waals surface area contributed by atoms with Gasteiger partial charge in [-0.2, -0.15) is 0 Å². The van der Waals surface area contributed by atoms with Crippen molar-refractivity contribution in [2.75, 3.05) is 11.5 Å². The van der Waals surface area contributed by atoms with Gasteiger partial charge in [-0.25, -0.2) is 0 Å². The first-order valence-corrected chi connectivity index (χ1v) is 9.65. The number of carbonyl (C=O) groups excluding carboxylic acids is 1. The number of nitrogens with two attached hydrogens (primary N) is 1. The second kappa shape index (κ2) is 9.37. The maximum Gasteiger partial charge on any atom is 0.230 e. The van der Waals surface area contributed by atoms with E-state index < -0.39 is 0 Å². The zero-order chi connectivity index (χ0) is 16.9. The average Bonchev–Trinajstić information content (AvgIpc) is 2.55. The molecule has 0 saturated heterocycles. The Morgan fingerprint density at radius 1 is 1.28 bits per heavy atom. The molecule has 6 heteroatoms.